The quantitative estimate of drug-likeness (QED) is 0.671. The lowest BCUT2D eigenvalue weighted by Crippen LogP contribution is -2.36. The highest BCUT2D eigenvalue weighted by Gasteiger charge is 2.23. The van der Waals surface area contributed by atoms with Crippen LogP contribution in [0.3, 0.4) is 0 Å². The predicted octanol–water partition coefficient (Wildman–Crippen LogP) is 2.42. The van der Waals surface area contributed by atoms with Crippen molar-refractivity contribution in [2.45, 2.75) is 12.8 Å². The van der Waals surface area contributed by atoms with Crippen LogP contribution in [0, 0.1) is 5.92 Å². The normalized spacial score (nSPS) is 15.3. The topological polar surface area (TPSA) is 94.1 Å². The van der Waals surface area contributed by atoms with Crippen LogP contribution in [0.25, 0.3) is 10.9 Å². The number of nitrogens with zero attached hydrogens (tertiary/aromatic N) is 3. The zero-order valence-electron chi connectivity index (χ0n) is 14.4. The number of aliphatic hydroxyl groups is 1. The Morgan fingerprint density at radius 3 is 2.85 bits per heavy atom. The maximum absolute atomic E-state index is 12.7. The molecule has 134 valence electrons. The molecule has 26 heavy (non-hydrogen) atoms. The molecule has 1 amide bonds. The summed E-state index contributed by atoms with van der Waals surface area (Å²) >= 11 is 0. The van der Waals surface area contributed by atoms with Gasteiger partial charge >= 0.3 is 0 Å². The summed E-state index contributed by atoms with van der Waals surface area (Å²) in [5, 5.41) is 20.1. The summed E-state index contributed by atoms with van der Waals surface area (Å²) in [6.07, 6.45) is 3.57. The number of carbonyl (C=O) groups is 1. The van der Waals surface area contributed by atoms with Crippen LogP contribution in [0.4, 0.5) is 11.5 Å². The fourth-order valence-electron chi connectivity index (χ4n) is 3.39. The van der Waals surface area contributed by atoms with E-state index in [1.807, 2.05) is 36.4 Å². The van der Waals surface area contributed by atoms with Crippen molar-refractivity contribution in [2.75, 3.05) is 29.9 Å². The molecule has 4 rings (SSSR count). The van der Waals surface area contributed by atoms with Crippen LogP contribution in [-0.4, -0.2) is 45.9 Å². The molecule has 0 aliphatic carbocycles. The fourth-order valence-corrected chi connectivity index (χ4v) is 3.39. The molecule has 1 aliphatic rings. The number of H-pyrrole nitrogens is 1. The summed E-state index contributed by atoms with van der Waals surface area (Å²) in [5.74, 6) is 0.849. The second-order valence-corrected chi connectivity index (χ2v) is 6.56. The number of amides is 1. The van der Waals surface area contributed by atoms with E-state index in [2.05, 4.69) is 25.4 Å². The monoisotopic (exact) mass is 351 g/mol. The zero-order valence-corrected chi connectivity index (χ0v) is 14.4. The largest absolute Gasteiger partial charge is 0.396 e. The van der Waals surface area contributed by atoms with Crippen molar-refractivity contribution >= 4 is 28.3 Å². The molecular formula is C19H21N5O2. The molecule has 0 bridgehead atoms. The van der Waals surface area contributed by atoms with E-state index in [9.17, 15) is 9.90 Å². The highest BCUT2D eigenvalue weighted by Crippen LogP contribution is 2.28. The van der Waals surface area contributed by atoms with E-state index >= 15 is 0 Å². The van der Waals surface area contributed by atoms with Gasteiger partial charge in [-0.25, -0.2) is 4.98 Å². The summed E-state index contributed by atoms with van der Waals surface area (Å²) in [7, 11) is 0. The minimum absolute atomic E-state index is 0.228. The van der Waals surface area contributed by atoms with E-state index in [0.29, 0.717) is 17.3 Å². The number of aromatic amines is 1. The molecule has 1 fully saturated rings. The number of piperidine rings is 1. The van der Waals surface area contributed by atoms with Gasteiger partial charge in [-0.3, -0.25) is 9.89 Å². The Labute approximate surface area is 151 Å². The molecule has 2 aromatic heterocycles. The molecule has 0 unspecified atom stereocenters. The van der Waals surface area contributed by atoms with Crippen LogP contribution in [0.5, 0.6) is 0 Å². The second kappa shape index (κ2) is 7.13. The number of rotatable bonds is 4. The van der Waals surface area contributed by atoms with E-state index in [0.717, 1.165) is 42.7 Å². The van der Waals surface area contributed by atoms with Gasteiger partial charge in [-0.15, -0.1) is 0 Å². The van der Waals surface area contributed by atoms with Gasteiger partial charge in [0, 0.05) is 31.3 Å². The third-order valence-electron chi connectivity index (χ3n) is 4.89. The third-order valence-corrected chi connectivity index (χ3v) is 4.89. The summed E-state index contributed by atoms with van der Waals surface area (Å²) in [4.78, 5) is 19.4. The SMILES string of the molecule is O=C(Nc1cccnc1N1CCC(CO)CC1)c1n[nH]c2ccccc12. The van der Waals surface area contributed by atoms with Gasteiger partial charge in [0.1, 0.15) is 0 Å². The van der Waals surface area contributed by atoms with Gasteiger partial charge in [0.05, 0.1) is 11.2 Å². The van der Waals surface area contributed by atoms with Crippen molar-refractivity contribution in [2.24, 2.45) is 5.92 Å². The first-order chi connectivity index (χ1) is 12.8. The van der Waals surface area contributed by atoms with Gasteiger partial charge in [0.2, 0.25) is 0 Å². The molecule has 0 atom stereocenters. The molecule has 1 aromatic carbocycles. The lowest BCUT2D eigenvalue weighted by Gasteiger charge is -2.33. The minimum Gasteiger partial charge on any atom is -0.396 e. The molecular weight excluding hydrogens is 330 g/mol. The third kappa shape index (κ3) is 3.13. The van der Waals surface area contributed by atoms with E-state index in [1.165, 1.54) is 0 Å². The smallest absolute Gasteiger partial charge is 0.276 e. The number of pyridine rings is 1. The Morgan fingerprint density at radius 2 is 2.04 bits per heavy atom. The molecule has 7 heteroatoms. The molecule has 1 aliphatic heterocycles. The van der Waals surface area contributed by atoms with Crippen LogP contribution >= 0.6 is 0 Å². The van der Waals surface area contributed by atoms with Crippen LogP contribution in [0.15, 0.2) is 42.6 Å². The average molecular weight is 351 g/mol. The van der Waals surface area contributed by atoms with Gasteiger partial charge in [-0.2, -0.15) is 5.10 Å². The molecule has 3 heterocycles. The van der Waals surface area contributed by atoms with Crippen LogP contribution in [0.1, 0.15) is 23.3 Å². The second-order valence-electron chi connectivity index (χ2n) is 6.56. The minimum atomic E-state index is -0.262. The van der Waals surface area contributed by atoms with Gasteiger partial charge in [-0.1, -0.05) is 18.2 Å². The Hall–Kier alpha value is -2.93. The lowest BCUT2D eigenvalue weighted by molar-refractivity contribution is 0.102. The number of para-hydroxylation sites is 1. The zero-order chi connectivity index (χ0) is 17.9. The molecule has 3 aromatic rings. The highest BCUT2D eigenvalue weighted by molar-refractivity contribution is 6.11. The number of aliphatic hydroxyl groups excluding tert-OH is 1. The van der Waals surface area contributed by atoms with Gasteiger partial charge in [0.15, 0.2) is 11.5 Å². The lowest BCUT2D eigenvalue weighted by atomic mass is 9.98. The van der Waals surface area contributed by atoms with E-state index < -0.39 is 0 Å². The molecule has 0 spiro atoms. The standard InChI is InChI=1S/C19H21N5O2/c25-12-13-7-10-24(11-8-13)18-16(6-3-9-20-18)21-19(26)17-14-4-1-2-5-15(14)22-23-17/h1-6,9,13,25H,7-8,10-12H2,(H,21,26)(H,22,23). The number of fused-ring (bicyclic) bond motifs is 1. The predicted molar refractivity (Wildman–Crippen MR) is 100 cm³/mol. The van der Waals surface area contributed by atoms with E-state index in [4.69, 9.17) is 0 Å². The summed E-state index contributed by atoms with van der Waals surface area (Å²) in [6, 6.07) is 11.2. The molecule has 1 saturated heterocycles. The summed E-state index contributed by atoms with van der Waals surface area (Å²) in [5.41, 5.74) is 1.87. The highest BCUT2D eigenvalue weighted by atomic mass is 16.3. The summed E-state index contributed by atoms with van der Waals surface area (Å²) in [6.45, 7) is 1.86. The van der Waals surface area contributed by atoms with Gasteiger partial charge in [0.25, 0.3) is 5.91 Å². The number of carbonyl (C=O) groups excluding carboxylic acids is 1. The van der Waals surface area contributed by atoms with Crippen molar-refractivity contribution in [1.82, 2.24) is 15.2 Å². The number of benzene rings is 1. The number of hydrogen-bond donors (Lipinski definition) is 3. The van der Waals surface area contributed by atoms with Crippen molar-refractivity contribution in [1.29, 1.82) is 0 Å². The summed E-state index contributed by atoms with van der Waals surface area (Å²) < 4.78 is 0. The first-order valence-corrected chi connectivity index (χ1v) is 8.81. The van der Waals surface area contributed by atoms with Crippen molar-refractivity contribution < 1.29 is 9.90 Å². The maximum Gasteiger partial charge on any atom is 0.276 e. The van der Waals surface area contributed by atoms with Crippen LogP contribution < -0.4 is 10.2 Å². The fraction of sp³-hybridized carbons (Fsp3) is 0.316. The van der Waals surface area contributed by atoms with E-state index in [1.54, 1.807) is 6.20 Å². The number of nitrogens with one attached hydrogen (secondary N) is 2. The Morgan fingerprint density at radius 1 is 1.23 bits per heavy atom. The van der Waals surface area contributed by atoms with Crippen molar-refractivity contribution in [3.05, 3.63) is 48.3 Å². The Bertz CT molecular complexity index is 915. The van der Waals surface area contributed by atoms with Crippen molar-refractivity contribution in [3.63, 3.8) is 0 Å². The number of aromatic nitrogens is 3. The van der Waals surface area contributed by atoms with E-state index in [-0.39, 0.29) is 12.5 Å². The van der Waals surface area contributed by atoms with Crippen LogP contribution in [-0.2, 0) is 0 Å². The molecule has 7 nitrogen and oxygen atoms in total. The first-order valence-electron chi connectivity index (χ1n) is 8.81. The van der Waals surface area contributed by atoms with Gasteiger partial charge in [-0.05, 0) is 37.0 Å². The maximum atomic E-state index is 12.7. The average Bonchev–Trinajstić information content (AvgIpc) is 3.13. The molecule has 0 saturated carbocycles. The molecule has 3 N–H and O–H groups in total. The Kier molecular flexibility index (Phi) is 4.53. The first kappa shape index (κ1) is 16.5. The van der Waals surface area contributed by atoms with Gasteiger partial charge < -0.3 is 15.3 Å². The number of hydrogen-bond acceptors (Lipinski definition) is 5. The Balaban J connectivity index is 1.56. The number of anilines is 2. The van der Waals surface area contributed by atoms with Crippen LogP contribution in [0.2, 0.25) is 0 Å². The van der Waals surface area contributed by atoms with Crippen molar-refractivity contribution in [3.8, 4) is 0 Å². The molecule has 0 radical (unpaired) electrons.